The zero-order chi connectivity index (χ0) is 12.3. The number of nitrogens with zero attached hydrogens (tertiary/aromatic N) is 1. The van der Waals surface area contributed by atoms with Gasteiger partial charge in [0.25, 0.3) is 0 Å². The number of Topliss-reactive ketones (excluding diaryl/α,β-unsaturated/α-hetero) is 1. The number of thioether (sulfide) groups is 1. The molecule has 1 heterocycles. The molecule has 0 spiro atoms. The van der Waals surface area contributed by atoms with Crippen molar-refractivity contribution < 1.29 is 24.2 Å². The lowest BCUT2D eigenvalue weighted by Crippen LogP contribution is -2.48. The molecule has 0 saturated carbocycles. The van der Waals surface area contributed by atoms with Crippen molar-refractivity contribution in [2.45, 2.75) is 18.3 Å². The maximum absolute atomic E-state index is 11.4. The molecule has 6 nitrogen and oxygen atoms in total. The fourth-order valence-electron chi connectivity index (χ4n) is 1.53. The van der Waals surface area contributed by atoms with E-state index in [4.69, 9.17) is 5.11 Å². The lowest BCUT2D eigenvalue weighted by molar-refractivity contribution is -0.152. The van der Waals surface area contributed by atoms with Crippen molar-refractivity contribution in [3.63, 3.8) is 0 Å². The fourth-order valence-corrected chi connectivity index (χ4v) is 2.91. The van der Waals surface area contributed by atoms with Gasteiger partial charge in [-0.3, -0.25) is 9.59 Å². The van der Waals surface area contributed by atoms with E-state index in [0.29, 0.717) is 5.75 Å². The first-order valence-electron chi connectivity index (χ1n) is 4.64. The molecule has 2 atom stereocenters. The monoisotopic (exact) mass is 247 g/mol. The van der Waals surface area contributed by atoms with Crippen molar-refractivity contribution in [2.75, 3.05) is 19.5 Å². The minimum absolute atomic E-state index is 0.308. The number of hydrogen-bond donors (Lipinski definition) is 1. The molecule has 90 valence electrons. The topological polar surface area (TPSA) is 83.9 Å². The van der Waals surface area contributed by atoms with Gasteiger partial charge >= 0.3 is 5.97 Å². The van der Waals surface area contributed by atoms with E-state index in [9.17, 15) is 14.4 Å². The van der Waals surface area contributed by atoms with Crippen LogP contribution in [0.1, 0.15) is 6.92 Å². The molecular formula is C9H13NO5S. The fraction of sp³-hybridized carbons (Fsp3) is 0.667. The molecule has 1 fully saturated rings. The number of aliphatic hydroxyl groups is 1. The number of methoxy groups -OCH3 is 1. The van der Waals surface area contributed by atoms with E-state index in [0.717, 1.165) is 16.7 Å². The van der Waals surface area contributed by atoms with E-state index in [-0.39, 0.29) is 5.91 Å². The van der Waals surface area contributed by atoms with Crippen LogP contribution >= 0.6 is 11.8 Å². The van der Waals surface area contributed by atoms with Gasteiger partial charge in [-0.05, 0) is 0 Å². The molecule has 1 aliphatic heterocycles. The number of rotatable bonds is 3. The third-order valence-corrected chi connectivity index (χ3v) is 3.58. The maximum Gasteiger partial charge on any atom is 0.329 e. The van der Waals surface area contributed by atoms with Crippen LogP contribution in [0.2, 0.25) is 0 Å². The summed E-state index contributed by atoms with van der Waals surface area (Å²) in [5, 5.41) is 7.97. The number of carbonyl (C=O) groups excluding carboxylic acids is 3. The molecule has 0 aromatic carbocycles. The Morgan fingerprint density at radius 2 is 2.12 bits per heavy atom. The van der Waals surface area contributed by atoms with Gasteiger partial charge in [0.1, 0.15) is 18.0 Å². The molecule has 0 aliphatic carbocycles. The van der Waals surface area contributed by atoms with Crippen molar-refractivity contribution in [1.82, 2.24) is 4.90 Å². The molecular weight excluding hydrogens is 234 g/mol. The van der Waals surface area contributed by atoms with Crippen molar-refractivity contribution >= 4 is 29.4 Å². The molecule has 0 radical (unpaired) electrons. The van der Waals surface area contributed by atoms with Gasteiger partial charge in [0.2, 0.25) is 5.91 Å². The minimum atomic E-state index is -0.786. The Labute approximate surface area is 96.9 Å². The smallest absolute Gasteiger partial charge is 0.329 e. The van der Waals surface area contributed by atoms with Gasteiger partial charge in [0, 0.05) is 12.7 Å². The Kier molecular flexibility index (Phi) is 4.31. The Bertz CT molecular complexity index is 295. The van der Waals surface area contributed by atoms with Crippen LogP contribution in [0.5, 0.6) is 0 Å². The highest BCUT2D eigenvalue weighted by atomic mass is 32.2. The summed E-state index contributed by atoms with van der Waals surface area (Å²) in [6, 6.07) is -0.743. The van der Waals surface area contributed by atoms with Crippen molar-refractivity contribution in [2.24, 2.45) is 0 Å². The Morgan fingerprint density at radius 1 is 1.50 bits per heavy atom. The Balaban J connectivity index is 2.89. The predicted molar refractivity (Wildman–Crippen MR) is 56.7 cm³/mol. The summed E-state index contributed by atoms with van der Waals surface area (Å²) in [5.74, 6) is -1.10. The van der Waals surface area contributed by atoms with Crippen LogP contribution in [0, 0.1) is 0 Å². The van der Waals surface area contributed by atoms with Gasteiger partial charge in [-0.1, -0.05) is 0 Å². The predicted octanol–water partition coefficient (Wildman–Crippen LogP) is -0.989. The zero-order valence-electron chi connectivity index (χ0n) is 9.00. The van der Waals surface area contributed by atoms with Gasteiger partial charge in [0.15, 0.2) is 5.78 Å². The summed E-state index contributed by atoms with van der Waals surface area (Å²) >= 11 is 1.16. The Hall–Kier alpha value is -1.08. The van der Waals surface area contributed by atoms with E-state index < -0.39 is 29.8 Å². The summed E-state index contributed by atoms with van der Waals surface area (Å²) in [6.45, 7) is 0.634. The van der Waals surface area contributed by atoms with Gasteiger partial charge in [-0.2, -0.15) is 0 Å². The van der Waals surface area contributed by atoms with Crippen LogP contribution < -0.4 is 0 Å². The van der Waals surface area contributed by atoms with Crippen molar-refractivity contribution in [3.05, 3.63) is 0 Å². The molecule has 0 bridgehead atoms. The van der Waals surface area contributed by atoms with Crippen LogP contribution in [-0.2, 0) is 19.1 Å². The van der Waals surface area contributed by atoms with Crippen molar-refractivity contribution in [1.29, 1.82) is 0 Å². The number of aliphatic hydroxyl groups excluding tert-OH is 1. The lowest BCUT2D eigenvalue weighted by Gasteiger charge is -2.25. The molecule has 2 unspecified atom stereocenters. The largest absolute Gasteiger partial charge is 0.467 e. The molecule has 7 heteroatoms. The highest BCUT2D eigenvalue weighted by Gasteiger charge is 2.43. The molecule has 16 heavy (non-hydrogen) atoms. The maximum atomic E-state index is 11.4. The highest BCUT2D eigenvalue weighted by molar-refractivity contribution is 8.00. The third kappa shape index (κ3) is 2.35. The average molecular weight is 247 g/mol. The number of esters is 1. The van der Waals surface area contributed by atoms with Crippen LogP contribution in [0.3, 0.4) is 0 Å². The summed E-state index contributed by atoms with van der Waals surface area (Å²) in [5.41, 5.74) is 0. The standard InChI is InChI=1S/C9H13NO5S/c1-5(12)10-6(9(14)15-2)4-16-8(10)7(13)3-11/h6,8,11H,3-4H2,1-2H3. The van der Waals surface area contributed by atoms with Gasteiger partial charge in [-0.25, -0.2) is 4.79 Å². The van der Waals surface area contributed by atoms with Crippen LogP contribution in [0.15, 0.2) is 0 Å². The van der Waals surface area contributed by atoms with Crippen LogP contribution in [0.25, 0.3) is 0 Å². The lowest BCUT2D eigenvalue weighted by atomic mass is 10.2. The molecule has 1 rings (SSSR count). The minimum Gasteiger partial charge on any atom is -0.467 e. The molecule has 1 saturated heterocycles. The van der Waals surface area contributed by atoms with Gasteiger partial charge in [0.05, 0.1) is 7.11 Å². The van der Waals surface area contributed by atoms with E-state index in [2.05, 4.69) is 4.74 Å². The molecule has 0 aromatic heterocycles. The molecule has 1 aliphatic rings. The first-order chi connectivity index (χ1) is 7.52. The SMILES string of the molecule is COC(=O)C1CSC(C(=O)CO)N1C(C)=O. The van der Waals surface area contributed by atoms with Crippen molar-refractivity contribution in [3.8, 4) is 0 Å². The third-order valence-electron chi connectivity index (χ3n) is 2.27. The first kappa shape index (κ1) is 13.0. The van der Waals surface area contributed by atoms with Crippen LogP contribution in [-0.4, -0.2) is 58.6 Å². The normalized spacial score (nSPS) is 24.3. The van der Waals surface area contributed by atoms with E-state index in [1.807, 2.05) is 0 Å². The summed E-state index contributed by atoms with van der Waals surface area (Å²) in [4.78, 5) is 35.3. The zero-order valence-corrected chi connectivity index (χ0v) is 9.82. The number of ketones is 1. The average Bonchev–Trinajstić information content (AvgIpc) is 2.71. The number of hydrogen-bond acceptors (Lipinski definition) is 6. The molecule has 1 N–H and O–H groups in total. The number of carbonyl (C=O) groups is 3. The quantitative estimate of drug-likeness (QED) is 0.645. The first-order valence-corrected chi connectivity index (χ1v) is 5.69. The van der Waals surface area contributed by atoms with Crippen LogP contribution in [0.4, 0.5) is 0 Å². The summed E-state index contributed by atoms with van der Waals surface area (Å²) in [7, 11) is 1.23. The van der Waals surface area contributed by atoms with Gasteiger partial charge in [-0.15, -0.1) is 11.8 Å². The second-order valence-electron chi connectivity index (χ2n) is 3.28. The second-order valence-corrected chi connectivity index (χ2v) is 4.39. The Morgan fingerprint density at radius 3 is 2.56 bits per heavy atom. The van der Waals surface area contributed by atoms with E-state index in [1.54, 1.807) is 0 Å². The number of ether oxygens (including phenoxy) is 1. The summed E-state index contributed by atoms with van der Waals surface area (Å²) < 4.78 is 4.56. The number of amides is 1. The second kappa shape index (κ2) is 5.31. The van der Waals surface area contributed by atoms with Gasteiger partial charge < -0.3 is 14.7 Å². The molecule has 1 amide bonds. The van der Waals surface area contributed by atoms with E-state index >= 15 is 0 Å². The van der Waals surface area contributed by atoms with E-state index in [1.165, 1.54) is 14.0 Å². The molecule has 0 aromatic rings. The highest BCUT2D eigenvalue weighted by Crippen LogP contribution is 2.30. The summed E-state index contributed by atoms with van der Waals surface area (Å²) in [6.07, 6.45) is 0.